The van der Waals surface area contributed by atoms with E-state index in [1.807, 2.05) is 6.07 Å². The predicted molar refractivity (Wildman–Crippen MR) is 104 cm³/mol. The van der Waals surface area contributed by atoms with E-state index in [9.17, 15) is 14.4 Å². The maximum absolute atomic E-state index is 12.9. The Morgan fingerprint density at radius 3 is 2.57 bits per heavy atom. The average Bonchev–Trinajstić information content (AvgIpc) is 2.97. The molecule has 1 aliphatic rings. The van der Waals surface area contributed by atoms with Gasteiger partial charge in [0.05, 0.1) is 11.6 Å². The molecular formula is C20H25N3O5. The summed E-state index contributed by atoms with van der Waals surface area (Å²) in [5.41, 5.74) is -0.308. The van der Waals surface area contributed by atoms with Gasteiger partial charge in [-0.05, 0) is 45.7 Å². The summed E-state index contributed by atoms with van der Waals surface area (Å²) in [6.07, 6.45) is 1.34. The number of carbonyl (C=O) groups is 2. The zero-order chi connectivity index (χ0) is 20.5. The third kappa shape index (κ3) is 4.11. The molecule has 1 N–H and O–H groups in total. The van der Waals surface area contributed by atoms with Crippen LogP contribution in [-0.2, 0) is 11.2 Å². The van der Waals surface area contributed by atoms with Crippen molar-refractivity contribution < 1.29 is 18.8 Å². The molecule has 1 aromatic heterocycles. The fraction of sp³-hybridized carbons (Fsp3) is 0.450. The maximum atomic E-state index is 12.9. The Morgan fingerprint density at radius 1 is 1.25 bits per heavy atom. The van der Waals surface area contributed by atoms with Crippen LogP contribution in [-0.4, -0.2) is 34.4 Å². The van der Waals surface area contributed by atoms with Gasteiger partial charge in [-0.3, -0.25) is 4.79 Å². The van der Waals surface area contributed by atoms with Crippen molar-refractivity contribution in [1.29, 1.82) is 0 Å². The van der Waals surface area contributed by atoms with Crippen molar-refractivity contribution in [3.63, 3.8) is 0 Å². The second-order valence-electron chi connectivity index (χ2n) is 7.82. The number of rotatable bonds is 2. The minimum Gasteiger partial charge on any atom is -0.444 e. The Hall–Kier alpha value is -3.03. The number of amides is 2. The fourth-order valence-electron chi connectivity index (χ4n) is 3.22. The number of hydrogen-bond acceptors (Lipinski definition) is 5. The lowest BCUT2D eigenvalue weighted by atomic mass is 9.93. The van der Waals surface area contributed by atoms with Crippen LogP contribution in [0.15, 0.2) is 39.6 Å². The number of ether oxygens (including phenoxy) is 1. The summed E-state index contributed by atoms with van der Waals surface area (Å²) in [6.45, 7) is 5.34. The lowest BCUT2D eigenvalue weighted by Crippen LogP contribution is -2.40. The third-order valence-electron chi connectivity index (χ3n) is 4.49. The van der Waals surface area contributed by atoms with E-state index in [-0.39, 0.29) is 0 Å². The number of aryl methyl sites for hydroxylation is 1. The van der Waals surface area contributed by atoms with Gasteiger partial charge in [-0.25, -0.2) is 9.59 Å². The van der Waals surface area contributed by atoms with Gasteiger partial charge in [0.1, 0.15) is 11.4 Å². The van der Waals surface area contributed by atoms with Crippen molar-refractivity contribution in [3.8, 4) is 0 Å². The lowest BCUT2D eigenvalue weighted by molar-refractivity contribution is 0.0202. The van der Waals surface area contributed by atoms with Crippen LogP contribution in [0.5, 0.6) is 0 Å². The minimum absolute atomic E-state index is 0.336. The number of hydrogen-bond donors (Lipinski definition) is 1. The van der Waals surface area contributed by atoms with Gasteiger partial charge in [0.2, 0.25) is 0 Å². The summed E-state index contributed by atoms with van der Waals surface area (Å²) < 4.78 is 11.7. The van der Waals surface area contributed by atoms with E-state index in [4.69, 9.17) is 9.26 Å². The lowest BCUT2D eigenvalue weighted by Gasteiger charge is -2.31. The monoisotopic (exact) mass is 387 g/mol. The SMILES string of the molecule is CN(C(=O)OC(C)(C)C)C1CCCc2on(C(=O)Nc3ccccc3)c(=O)c21. The third-order valence-corrected chi connectivity index (χ3v) is 4.49. The van der Waals surface area contributed by atoms with Gasteiger partial charge in [0, 0.05) is 19.2 Å². The van der Waals surface area contributed by atoms with Gasteiger partial charge in [-0.15, -0.1) is 0 Å². The largest absolute Gasteiger partial charge is 0.444 e. The van der Waals surface area contributed by atoms with Gasteiger partial charge < -0.3 is 19.5 Å². The summed E-state index contributed by atoms with van der Waals surface area (Å²) in [7, 11) is 1.59. The highest BCUT2D eigenvalue weighted by Gasteiger charge is 2.36. The molecule has 8 heteroatoms. The van der Waals surface area contributed by atoms with E-state index >= 15 is 0 Å². The molecule has 1 aliphatic carbocycles. The van der Waals surface area contributed by atoms with Crippen molar-refractivity contribution in [2.75, 3.05) is 12.4 Å². The first kappa shape index (κ1) is 19.7. The van der Waals surface area contributed by atoms with E-state index in [0.29, 0.717) is 29.9 Å². The van der Waals surface area contributed by atoms with Gasteiger partial charge in [0.15, 0.2) is 0 Å². The number of anilines is 1. The number of carbonyl (C=O) groups excluding carboxylic acids is 2. The molecule has 0 spiro atoms. The molecule has 8 nitrogen and oxygen atoms in total. The first-order valence-corrected chi connectivity index (χ1v) is 9.24. The molecule has 1 heterocycles. The average molecular weight is 387 g/mol. The summed E-state index contributed by atoms with van der Waals surface area (Å²) in [6, 6.07) is 7.62. The number of para-hydroxylation sites is 1. The minimum atomic E-state index is -0.677. The number of benzene rings is 1. The van der Waals surface area contributed by atoms with Gasteiger partial charge in [-0.2, -0.15) is 0 Å². The van der Waals surface area contributed by atoms with Crippen LogP contribution < -0.4 is 10.9 Å². The fourth-order valence-corrected chi connectivity index (χ4v) is 3.22. The topological polar surface area (TPSA) is 93.8 Å². The van der Waals surface area contributed by atoms with E-state index in [2.05, 4.69) is 5.32 Å². The highest BCUT2D eigenvalue weighted by molar-refractivity contribution is 5.90. The smallest absolute Gasteiger partial charge is 0.410 e. The van der Waals surface area contributed by atoms with Gasteiger partial charge in [-0.1, -0.05) is 22.9 Å². The van der Waals surface area contributed by atoms with Crippen molar-refractivity contribution in [1.82, 2.24) is 9.64 Å². The van der Waals surface area contributed by atoms with Crippen LogP contribution in [0.4, 0.5) is 15.3 Å². The number of nitrogens with one attached hydrogen (secondary N) is 1. The van der Waals surface area contributed by atoms with Crippen LogP contribution in [0.1, 0.15) is 51.0 Å². The molecule has 0 fully saturated rings. The van der Waals surface area contributed by atoms with Gasteiger partial charge in [0.25, 0.3) is 5.56 Å². The molecule has 0 aliphatic heterocycles. The van der Waals surface area contributed by atoms with Crippen LogP contribution in [0.2, 0.25) is 0 Å². The molecule has 0 radical (unpaired) electrons. The van der Waals surface area contributed by atoms with E-state index in [0.717, 1.165) is 11.2 Å². The summed E-state index contributed by atoms with van der Waals surface area (Å²) >= 11 is 0. The maximum Gasteiger partial charge on any atom is 0.410 e. The Morgan fingerprint density at radius 2 is 1.93 bits per heavy atom. The van der Waals surface area contributed by atoms with Crippen LogP contribution in [0.3, 0.4) is 0 Å². The molecule has 1 aromatic carbocycles. The molecule has 28 heavy (non-hydrogen) atoms. The molecule has 0 saturated carbocycles. The summed E-state index contributed by atoms with van der Waals surface area (Å²) in [5.74, 6) is 0.430. The molecule has 1 atom stereocenters. The highest BCUT2D eigenvalue weighted by Crippen LogP contribution is 2.32. The summed E-state index contributed by atoms with van der Waals surface area (Å²) in [5, 5.41) is 2.63. The van der Waals surface area contributed by atoms with Crippen molar-refractivity contribution >= 4 is 17.8 Å². The number of aromatic nitrogens is 1. The molecule has 1 unspecified atom stereocenters. The quantitative estimate of drug-likeness (QED) is 0.847. The van der Waals surface area contributed by atoms with Crippen molar-refractivity contribution in [2.24, 2.45) is 0 Å². The Labute approximate surface area is 163 Å². The zero-order valence-electron chi connectivity index (χ0n) is 16.5. The Balaban J connectivity index is 1.87. The number of fused-ring (bicyclic) bond motifs is 1. The van der Waals surface area contributed by atoms with Crippen molar-refractivity contribution in [3.05, 3.63) is 52.0 Å². The van der Waals surface area contributed by atoms with Crippen LogP contribution in [0.25, 0.3) is 0 Å². The standard InChI is InChI=1S/C20H25N3O5/c1-20(2,3)27-19(26)22(4)14-11-8-12-15-16(14)17(24)23(28-15)18(25)21-13-9-6-5-7-10-13/h5-7,9-10,14H,8,11-12H2,1-4H3,(H,21,25). The molecule has 0 bridgehead atoms. The van der Waals surface area contributed by atoms with Crippen molar-refractivity contribution in [2.45, 2.75) is 51.7 Å². The second-order valence-corrected chi connectivity index (χ2v) is 7.82. The van der Waals surface area contributed by atoms with Crippen LogP contribution >= 0.6 is 0 Å². The molecule has 3 rings (SSSR count). The summed E-state index contributed by atoms with van der Waals surface area (Å²) in [4.78, 5) is 39.2. The number of nitrogens with zero attached hydrogens (tertiary/aromatic N) is 2. The molecule has 2 aromatic rings. The molecule has 0 saturated heterocycles. The van der Waals surface area contributed by atoms with E-state index < -0.39 is 29.3 Å². The second kappa shape index (κ2) is 7.53. The van der Waals surface area contributed by atoms with Gasteiger partial charge >= 0.3 is 12.1 Å². The molecule has 150 valence electrons. The van der Waals surface area contributed by atoms with E-state index in [1.165, 1.54) is 4.90 Å². The first-order valence-electron chi connectivity index (χ1n) is 9.24. The first-order chi connectivity index (χ1) is 13.2. The predicted octanol–water partition coefficient (Wildman–Crippen LogP) is 3.77. The molecule has 2 amide bonds. The Bertz CT molecular complexity index is 924. The molecular weight excluding hydrogens is 362 g/mol. The highest BCUT2D eigenvalue weighted by atomic mass is 16.6. The normalized spacial score (nSPS) is 16.2. The Kier molecular flexibility index (Phi) is 5.31. The van der Waals surface area contributed by atoms with Crippen LogP contribution in [0, 0.1) is 0 Å². The zero-order valence-corrected chi connectivity index (χ0v) is 16.5. The van der Waals surface area contributed by atoms with E-state index in [1.54, 1.807) is 52.1 Å².